The van der Waals surface area contributed by atoms with Crippen LogP contribution >= 0.6 is 11.3 Å². The lowest BCUT2D eigenvalue weighted by Gasteiger charge is -2.34. The van der Waals surface area contributed by atoms with Crippen LogP contribution in [0, 0.1) is 5.82 Å². The lowest BCUT2D eigenvalue weighted by atomic mass is 9.80. The third-order valence-corrected chi connectivity index (χ3v) is 6.99. The van der Waals surface area contributed by atoms with Gasteiger partial charge in [0, 0.05) is 35.4 Å². The van der Waals surface area contributed by atoms with Gasteiger partial charge in [-0.2, -0.15) is 0 Å². The van der Waals surface area contributed by atoms with Crippen molar-refractivity contribution in [3.63, 3.8) is 0 Å². The van der Waals surface area contributed by atoms with E-state index in [1.54, 1.807) is 28.4 Å². The molecule has 1 N–H and O–H groups in total. The largest absolute Gasteiger partial charge is 0.357 e. The van der Waals surface area contributed by atoms with Crippen LogP contribution in [0.15, 0.2) is 77.3 Å². The van der Waals surface area contributed by atoms with Crippen molar-refractivity contribution in [2.45, 2.75) is 31.7 Å². The molecule has 2 heterocycles. The van der Waals surface area contributed by atoms with Gasteiger partial charge >= 0.3 is 0 Å². The van der Waals surface area contributed by atoms with Crippen molar-refractivity contribution >= 4 is 34.4 Å². The Labute approximate surface area is 184 Å². The number of para-hydroxylation sites is 2. The van der Waals surface area contributed by atoms with E-state index in [1.807, 2.05) is 35.7 Å². The number of hydrogen-bond acceptors (Lipinski definition) is 4. The fraction of sp³-hybridized carbons (Fsp3) is 0.200. The van der Waals surface area contributed by atoms with E-state index < -0.39 is 6.04 Å². The molecular formula is C25H21FN2O2S. The normalized spacial score (nSPS) is 20.6. The van der Waals surface area contributed by atoms with E-state index in [2.05, 4.69) is 11.4 Å². The summed E-state index contributed by atoms with van der Waals surface area (Å²) in [6, 6.07) is 17.1. The molecule has 0 unspecified atom stereocenters. The number of allylic oxidation sites excluding steroid dienone is 1. The van der Waals surface area contributed by atoms with Gasteiger partial charge in [0.1, 0.15) is 5.82 Å². The lowest BCUT2D eigenvalue weighted by Crippen LogP contribution is -2.37. The zero-order chi connectivity index (χ0) is 21.5. The van der Waals surface area contributed by atoms with Gasteiger partial charge in [0.05, 0.1) is 17.4 Å². The Morgan fingerprint density at radius 2 is 1.84 bits per heavy atom. The van der Waals surface area contributed by atoms with E-state index >= 15 is 0 Å². The number of benzene rings is 2. The number of ketones is 1. The number of nitrogens with one attached hydrogen (secondary N) is 1. The minimum absolute atomic E-state index is 0.0144. The molecule has 3 aromatic rings. The molecule has 5 rings (SSSR count). The summed E-state index contributed by atoms with van der Waals surface area (Å²) in [5.41, 5.74) is 3.63. The summed E-state index contributed by atoms with van der Waals surface area (Å²) in [7, 11) is 0. The fourth-order valence-electron chi connectivity index (χ4n) is 4.62. The SMILES string of the molecule is CC(=O)N1c2ccccc2NC2=C(C(=O)C[C@@H](c3cccs3)C2)[C@H]1c1ccc(F)cc1. The number of nitrogens with zero attached hydrogens (tertiary/aromatic N) is 1. The van der Waals surface area contributed by atoms with Crippen LogP contribution in [0.3, 0.4) is 0 Å². The number of anilines is 2. The van der Waals surface area contributed by atoms with Gasteiger partial charge in [-0.25, -0.2) is 4.39 Å². The molecule has 0 bridgehead atoms. The average Bonchev–Trinajstić information content (AvgIpc) is 3.24. The van der Waals surface area contributed by atoms with E-state index in [0.717, 1.165) is 11.4 Å². The molecular weight excluding hydrogens is 411 g/mol. The second-order valence-electron chi connectivity index (χ2n) is 7.92. The molecule has 156 valence electrons. The van der Waals surface area contributed by atoms with Crippen LogP contribution in [0.1, 0.15) is 42.2 Å². The van der Waals surface area contributed by atoms with E-state index in [4.69, 9.17) is 0 Å². The van der Waals surface area contributed by atoms with Crippen LogP contribution in [0.25, 0.3) is 0 Å². The van der Waals surface area contributed by atoms with Gasteiger partial charge < -0.3 is 5.32 Å². The highest BCUT2D eigenvalue weighted by atomic mass is 32.1. The van der Waals surface area contributed by atoms with Crippen molar-refractivity contribution in [1.82, 2.24) is 0 Å². The molecule has 1 aromatic heterocycles. The summed E-state index contributed by atoms with van der Waals surface area (Å²) >= 11 is 1.66. The molecule has 0 saturated heterocycles. The van der Waals surface area contributed by atoms with Crippen molar-refractivity contribution < 1.29 is 14.0 Å². The predicted molar refractivity (Wildman–Crippen MR) is 121 cm³/mol. The minimum Gasteiger partial charge on any atom is -0.357 e. The molecule has 0 radical (unpaired) electrons. The van der Waals surface area contributed by atoms with Crippen molar-refractivity contribution in [2.75, 3.05) is 10.2 Å². The van der Waals surface area contributed by atoms with E-state index in [0.29, 0.717) is 29.7 Å². The van der Waals surface area contributed by atoms with Crippen molar-refractivity contribution in [2.24, 2.45) is 0 Å². The standard InChI is InChI=1S/C25H21FN2O2S/c1-15(29)28-21-6-3-2-5-19(21)27-20-13-17(23-7-4-12-31-23)14-22(30)24(20)25(28)16-8-10-18(26)11-9-16/h2-12,17,25,27H,13-14H2,1H3/t17-,25+/m0/s1. The highest BCUT2D eigenvalue weighted by Crippen LogP contribution is 2.47. The van der Waals surface area contributed by atoms with Crippen LogP contribution in [0.4, 0.5) is 15.8 Å². The predicted octanol–water partition coefficient (Wildman–Crippen LogP) is 5.81. The Balaban J connectivity index is 1.72. The third-order valence-electron chi connectivity index (χ3n) is 5.96. The molecule has 0 fully saturated rings. The number of Topliss-reactive ketones (excluding diaryl/α,β-unsaturated/α-hetero) is 1. The number of thiophene rings is 1. The number of fused-ring (bicyclic) bond motifs is 1. The molecule has 0 saturated carbocycles. The maximum Gasteiger partial charge on any atom is 0.224 e. The first-order valence-corrected chi connectivity index (χ1v) is 11.1. The monoisotopic (exact) mass is 432 g/mol. The van der Waals surface area contributed by atoms with Gasteiger partial charge in [-0.15, -0.1) is 11.3 Å². The molecule has 2 aromatic carbocycles. The molecule has 2 aliphatic rings. The average molecular weight is 433 g/mol. The van der Waals surface area contributed by atoms with Crippen LogP contribution in [0.5, 0.6) is 0 Å². The summed E-state index contributed by atoms with van der Waals surface area (Å²) < 4.78 is 13.7. The van der Waals surface area contributed by atoms with Crippen LogP contribution < -0.4 is 10.2 Å². The molecule has 1 aliphatic carbocycles. The van der Waals surface area contributed by atoms with Gasteiger partial charge in [-0.1, -0.05) is 30.3 Å². The van der Waals surface area contributed by atoms with E-state index in [-0.39, 0.29) is 23.4 Å². The number of hydrogen-bond donors (Lipinski definition) is 1. The number of halogens is 1. The molecule has 1 aliphatic heterocycles. The zero-order valence-corrected chi connectivity index (χ0v) is 17.8. The van der Waals surface area contributed by atoms with Gasteiger partial charge in [-0.3, -0.25) is 14.5 Å². The first kappa shape index (κ1) is 19.7. The highest BCUT2D eigenvalue weighted by Gasteiger charge is 2.40. The minimum atomic E-state index is -0.610. The Morgan fingerprint density at radius 3 is 2.55 bits per heavy atom. The molecule has 6 heteroatoms. The summed E-state index contributed by atoms with van der Waals surface area (Å²) in [6.07, 6.45) is 1.07. The summed E-state index contributed by atoms with van der Waals surface area (Å²) in [5.74, 6) is -0.415. The number of rotatable bonds is 2. The van der Waals surface area contributed by atoms with E-state index in [9.17, 15) is 14.0 Å². The highest BCUT2D eigenvalue weighted by molar-refractivity contribution is 7.10. The van der Waals surface area contributed by atoms with Gasteiger partial charge in [0.15, 0.2) is 5.78 Å². The molecule has 0 spiro atoms. The first-order chi connectivity index (χ1) is 15.0. The van der Waals surface area contributed by atoms with Crippen LogP contribution in [0.2, 0.25) is 0 Å². The summed E-state index contributed by atoms with van der Waals surface area (Å²) in [6.45, 7) is 1.50. The first-order valence-electron chi connectivity index (χ1n) is 10.2. The van der Waals surface area contributed by atoms with Crippen molar-refractivity contribution in [1.29, 1.82) is 0 Å². The van der Waals surface area contributed by atoms with Crippen LogP contribution in [-0.4, -0.2) is 11.7 Å². The smallest absolute Gasteiger partial charge is 0.224 e. The number of amides is 1. The number of carbonyl (C=O) groups excluding carboxylic acids is 2. The maximum absolute atomic E-state index is 13.7. The second kappa shape index (κ2) is 7.78. The van der Waals surface area contributed by atoms with Crippen molar-refractivity contribution in [3.8, 4) is 0 Å². The van der Waals surface area contributed by atoms with Crippen LogP contribution in [-0.2, 0) is 9.59 Å². The van der Waals surface area contributed by atoms with Gasteiger partial charge in [0.2, 0.25) is 5.91 Å². The molecule has 4 nitrogen and oxygen atoms in total. The molecule has 2 atom stereocenters. The van der Waals surface area contributed by atoms with E-state index in [1.165, 1.54) is 23.9 Å². The number of carbonyl (C=O) groups is 2. The van der Waals surface area contributed by atoms with Gasteiger partial charge in [-0.05, 0) is 47.7 Å². The summed E-state index contributed by atoms with van der Waals surface area (Å²) in [5, 5.41) is 5.50. The van der Waals surface area contributed by atoms with Crippen molar-refractivity contribution in [3.05, 3.63) is 93.6 Å². The Morgan fingerprint density at radius 1 is 1.06 bits per heavy atom. The molecule has 1 amide bonds. The Bertz CT molecular complexity index is 1180. The topological polar surface area (TPSA) is 49.4 Å². The maximum atomic E-state index is 13.7. The zero-order valence-electron chi connectivity index (χ0n) is 17.0. The fourth-order valence-corrected chi connectivity index (χ4v) is 5.45. The Hall–Kier alpha value is -3.25. The molecule has 31 heavy (non-hydrogen) atoms. The quantitative estimate of drug-likeness (QED) is 0.556. The summed E-state index contributed by atoms with van der Waals surface area (Å²) in [4.78, 5) is 29.3. The second-order valence-corrected chi connectivity index (χ2v) is 8.90. The Kier molecular flexibility index (Phi) is 4.94. The van der Waals surface area contributed by atoms with Gasteiger partial charge in [0.25, 0.3) is 0 Å². The third kappa shape index (κ3) is 3.47. The lowest BCUT2D eigenvalue weighted by molar-refractivity contribution is -0.117.